The molecule has 2 amide bonds. The summed E-state index contributed by atoms with van der Waals surface area (Å²) >= 11 is 0. The van der Waals surface area contributed by atoms with Crippen LogP contribution in [0, 0.1) is 17.8 Å². The first kappa shape index (κ1) is 20.3. The number of fused-ring (bicyclic) bond motifs is 1. The van der Waals surface area contributed by atoms with Crippen LogP contribution in [-0.2, 0) is 23.2 Å². The Labute approximate surface area is 182 Å². The highest BCUT2D eigenvalue weighted by atomic mass is 16.2. The smallest absolute Gasteiger partial charge is 0.328 e. The molecule has 2 heterocycles. The van der Waals surface area contributed by atoms with Gasteiger partial charge in [-0.1, -0.05) is 12.1 Å². The van der Waals surface area contributed by atoms with E-state index in [-0.39, 0.29) is 29.3 Å². The molecule has 7 heteroatoms. The summed E-state index contributed by atoms with van der Waals surface area (Å²) in [6, 6.07) is 7.94. The molecule has 1 aromatic carbocycles. The van der Waals surface area contributed by atoms with Crippen LogP contribution in [0.2, 0.25) is 0 Å². The fourth-order valence-corrected chi connectivity index (χ4v) is 5.38. The summed E-state index contributed by atoms with van der Waals surface area (Å²) < 4.78 is 3.62. The van der Waals surface area contributed by atoms with Gasteiger partial charge in [0.2, 0.25) is 11.8 Å². The molecule has 1 aromatic heterocycles. The zero-order valence-corrected chi connectivity index (χ0v) is 18.3. The third-order valence-corrected chi connectivity index (χ3v) is 7.52. The molecule has 0 spiro atoms. The average Bonchev–Trinajstić information content (AvgIpc) is 3.64. The van der Waals surface area contributed by atoms with Crippen LogP contribution in [0.15, 0.2) is 29.1 Å². The standard InChI is InChI=1S/C24H32N4O3/c1-25-20-4-2-3-5-21(20)28(24(25)31)16-17-6-8-18(9-7-17)22(29)26-12-14-27(15-13-26)23(30)19-10-11-19/h2-5,17-19H,6-16H2,1H3/t17-,18-. The number of aromatic nitrogens is 2. The number of rotatable bonds is 4. The van der Waals surface area contributed by atoms with Crippen molar-refractivity contribution in [3.05, 3.63) is 34.7 Å². The minimum atomic E-state index is 0.0398. The van der Waals surface area contributed by atoms with Gasteiger partial charge in [-0.3, -0.25) is 18.7 Å². The molecule has 2 aliphatic carbocycles. The topological polar surface area (TPSA) is 67.6 Å². The first-order valence-corrected chi connectivity index (χ1v) is 11.7. The Morgan fingerprint density at radius 2 is 1.29 bits per heavy atom. The van der Waals surface area contributed by atoms with Crippen LogP contribution in [0.25, 0.3) is 11.0 Å². The number of carbonyl (C=O) groups excluding carboxylic acids is 2. The number of hydrogen-bond donors (Lipinski definition) is 0. The predicted molar refractivity (Wildman–Crippen MR) is 119 cm³/mol. The largest absolute Gasteiger partial charge is 0.339 e. The van der Waals surface area contributed by atoms with Gasteiger partial charge in [-0.15, -0.1) is 0 Å². The molecule has 0 bridgehead atoms. The summed E-state index contributed by atoms with van der Waals surface area (Å²) in [4.78, 5) is 41.9. The van der Waals surface area contributed by atoms with Gasteiger partial charge in [0.1, 0.15) is 0 Å². The molecule has 5 rings (SSSR count). The third-order valence-electron chi connectivity index (χ3n) is 7.52. The Hall–Kier alpha value is -2.57. The summed E-state index contributed by atoms with van der Waals surface area (Å²) in [6.07, 6.45) is 5.81. The molecule has 0 N–H and O–H groups in total. The van der Waals surface area contributed by atoms with Crippen LogP contribution < -0.4 is 5.69 Å². The lowest BCUT2D eigenvalue weighted by Crippen LogP contribution is -2.52. The van der Waals surface area contributed by atoms with E-state index in [1.165, 1.54) is 0 Å². The molecule has 1 aliphatic heterocycles. The molecule has 3 aliphatic rings. The van der Waals surface area contributed by atoms with Crippen LogP contribution in [0.5, 0.6) is 0 Å². The summed E-state index contributed by atoms with van der Waals surface area (Å²) in [5, 5.41) is 0. The van der Waals surface area contributed by atoms with Crippen LogP contribution in [-0.4, -0.2) is 56.9 Å². The van der Waals surface area contributed by atoms with E-state index >= 15 is 0 Å². The molecular formula is C24H32N4O3. The van der Waals surface area contributed by atoms with Gasteiger partial charge in [0.25, 0.3) is 0 Å². The van der Waals surface area contributed by atoms with Gasteiger partial charge in [-0.2, -0.15) is 0 Å². The molecule has 31 heavy (non-hydrogen) atoms. The molecule has 166 valence electrons. The number of para-hydroxylation sites is 2. The first-order chi connectivity index (χ1) is 15.0. The molecule has 0 unspecified atom stereocenters. The Morgan fingerprint density at radius 1 is 0.806 bits per heavy atom. The quantitative estimate of drug-likeness (QED) is 0.756. The van der Waals surface area contributed by atoms with E-state index in [0.717, 1.165) is 56.1 Å². The van der Waals surface area contributed by atoms with E-state index < -0.39 is 0 Å². The van der Waals surface area contributed by atoms with E-state index in [1.807, 2.05) is 45.7 Å². The van der Waals surface area contributed by atoms with Gasteiger partial charge in [-0.05, 0) is 56.6 Å². The maximum Gasteiger partial charge on any atom is 0.328 e. The van der Waals surface area contributed by atoms with Crippen molar-refractivity contribution in [1.29, 1.82) is 0 Å². The van der Waals surface area contributed by atoms with Gasteiger partial charge in [0, 0.05) is 51.6 Å². The van der Waals surface area contributed by atoms with Crippen molar-refractivity contribution >= 4 is 22.8 Å². The summed E-state index contributed by atoms with van der Waals surface area (Å²) in [5.41, 5.74) is 2.00. The molecule has 1 saturated heterocycles. The fraction of sp³-hybridized carbons (Fsp3) is 0.625. The van der Waals surface area contributed by atoms with Gasteiger partial charge >= 0.3 is 5.69 Å². The molecule has 0 radical (unpaired) electrons. The molecule has 2 aromatic rings. The summed E-state index contributed by atoms with van der Waals surface area (Å²) in [5.74, 6) is 1.33. The van der Waals surface area contributed by atoms with Crippen molar-refractivity contribution < 1.29 is 9.59 Å². The molecule has 2 saturated carbocycles. The van der Waals surface area contributed by atoms with Crippen molar-refractivity contribution in [2.45, 2.75) is 45.1 Å². The normalized spacial score (nSPS) is 24.5. The zero-order chi connectivity index (χ0) is 21.5. The summed E-state index contributed by atoms with van der Waals surface area (Å²) in [7, 11) is 1.83. The zero-order valence-electron chi connectivity index (χ0n) is 18.3. The Morgan fingerprint density at radius 3 is 1.81 bits per heavy atom. The van der Waals surface area contributed by atoms with Crippen LogP contribution in [0.1, 0.15) is 38.5 Å². The number of imidazole rings is 1. The lowest BCUT2D eigenvalue weighted by molar-refractivity contribution is -0.143. The van der Waals surface area contributed by atoms with Crippen molar-refractivity contribution in [2.24, 2.45) is 24.8 Å². The van der Waals surface area contributed by atoms with Gasteiger partial charge in [0.05, 0.1) is 11.0 Å². The molecule has 7 nitrogen and oxygen atoms in total. The van der Waals surface area contributed by atoms with Gasteiger partial charge in [-0.25, -0.2) is 4.79 Å². The van der Waals surface area contributed by atoms with Gasteiger partial charge < -0.3 is 9.80 Å². The predicted octanol–water partition coefficient (Wildman–Crippen LogP) is 2.23. The van der Waals surface area contributed by atoms with Crippen molar-refractivity contribution in [3.63, 3.8) is 0 Å². The van der Waals surface area contributed by atoms with Crippen molar-refractivity contribution in [1.82, 2.24) is 18.9 Å². The summed E-state index contributed by atoms with van der Waals surface area (Å²) in [6.45, 7) is 3.43. The highest BCUT2D eigenvalue weighted by Gasteiger charge is 2.36. The van der Waals surface area contributed by atoms with Crippen LogP contribution in [0.4, 0.5) is 0 Å². The lowest BCUT2D eigenvalue weighted by Gasteiger charge is -2.38. The number of carbonyl (C=O) groups is 2. The van der Waals surface area contributed by atoms with Crippen LogP contribution >= 0.6 is 0 Å². The van der Waals surface area contributed by atoms with E-state index in [9.17, 15) is 14.4 Å². The molecule has 0 atom stereocenters. The second-order valence-electron chi connectivity index (χ2n) is 9.58. The monoisotopic (exact) mass is 424 g/mol. The maximum absolute atomic E-state index is 13.0. The number of aryl methyl sites for hydroxylation is 1. The van der Waals surface area contributed by atoms with E-state index in [1.54, 1.807) is 4.57 Å². The lowest BCUT2D eigenvalue weighted by atomic mass is 9.81. The van der Waals surface area contributed by atoms with E-state index in [4.69, 9.17) is 0 Å². The number of piperazine rings is 1. The Bertz CT molecular complexity index is 1030. The van der Waals surface area contributed by atoms with Crippen LogP contribution in [0.3, 0.4) is 0 Å². The molecular weight excluding hydrogens is 392 g/mol. The Kier molecular flexibility index (Phi) is 5.36. The minimum absolute atomic E-state index is 0.0398. The number of amides is 2. The third kappa shape index (κ3) is 3.90. The Balaban J connectivity index is 1.15. The highest BCUT2D eigenvalue weighted by Crippen LogP contribution is 2.33. The SMILES string of the molecule is Cn1c(=O)n(C[C@H]2CC[C@H](C(=O)N3CCN(C(=O)C4CC4)CC3)CC2)c2ccccc21. The van der Waals surface area contributed by atoms with Crippen molar-refractivity contribution in [2.75, 3.05) is 26.2 Å². The minimum Gasteiger partial charge on any atom is -0.339 e. The highest BCUT2D eigenvalue weighted by molar-refractivity contribution is 5.82. The number of benzene rings is 1. The van der Waals surface area contributed by atoms with Gasteiger partial charge in [0.15, 0.2) is 0 Å². The number of hydrogen-bond acceptors (Lipinski definition) is 3. The van der Waals surface area contributed by atoms with E-state index in [2.05, 4.69) is 0 Å². The second kappa shape index (κ2) is 8.17. The maximum atomic E-state index is 13.0. The number of nitrogens with zero attached hydrogens (tertiary/aromatic N) is 4. The average molecular weight is 425 g/mol. The second-order valence-corrected chi connectivity index (χ2v) is 9.58. The molecule has 3 fully saturated rings. The fourth-order valence-electron chi connectivity index (χ4n) is 5.38. The van der Waals surface area contributed by atoms with E-state index in [0.29, 0.717) is 32.1 Å². The first-order valence-electron chi connectivity index (χ1n) is 11.7. The van der Waals surface area contributed by atoms with Crippen molar-refractivity contribution in [3.8, 4) is 0 Å².